The van der Waals surface area contributed by atoms with E-state index in [-0.39, 0.29) is 5.91 Å². The lowest BCUT2D eigenvalue weighted by atomic mass is 10.2. The number of rotatable bonds is 6. The molecule has 0 aliphatic heterocycles. The van der Waals surface area contributed by atoms with Crippen molar-refractivity contribution in [2.24, 2.45) is 0 Å². The Balaban J connectivity index is 1.55. The van der Waals surface area contributed by atoms with E-state index in [9.17, 15) is 4.79 Å². The molecule has 3 rings (SSSR count). The molecule has 24 heavy (non-hydrogen) atoms. The number of ether oxygens (including phenoxy) is 1. The summed E-state index contributed by atoms with van der Waals surface area (Å²) >= 11 is 5.97. The summed E-state index contributed by atoms with van der Waals surface area (Å²) in [4.78, 5) is 12.1. The predicted octanol–water partition coefficient (Wildman–Crippen LogP) is 3.40. The zero-order valence-electron chi connectivity index (χ0n) is 13.3. The van der Waals surface area contributed by atoms with Crippen LogP contribution in [-0.2, 0) is 17.9 Å². The highest BCUT2D eigenvalue weighted by Gasteiger charge is 2.07. The number of nitrogens with one attached hydrogen (secondary N) is 1. The zero-order valence-corrected chi connectivity index (χ0v) is 14.1. The highest BCUT2D eigenvalue weighted by molar-refractivity contribution is 6.31. The molecule has 0 fully saturated rings. The molecule has 0 aliphatic rings. The van der Waals surface area contributed by atoms with Gasteiger partial charge >= 0.3 is 0 Å². The minimum atomic E-state index is -0.0181. The number of methoxy groups -OCH3 is 1. The van der Waals surface area contributed by atoms with Crippen LogP contribution in [0.3, 0.4) is 0 Å². The van der Waals surface area contributed by atoms with Gasteiger partial charge in [0.15, 0.2) is 0 Å². The van der Waals surface area contributed by atoms with Crippen LogP contribution in [0.4, 0.5) is 0 Å². The standard InChI is InChI=1S/C18H18ClN3O2/c1-24-16-4-2-3-13(9-16)11-20-18(23)7-8-22-17-6-5-15(19)10-14(17)12-21-22/h2-6,9-10,12H,7-8,11H2,1H3,(H,20,23). The Morgan fingerprint density at radius 3 is 3.00 bits per heavy atom. The van der Waals surface area contributed by atoms with E-state index in [0.29, 0.717) is 24.5 Å². The Kier molecular flexibility index (Phi) is 5.01. The van der Waals surface area contributed by atoms with Gasteiger partial charge in [-0.25, -0.2) is 0 Å². The SMILES string of the molecule is COc1cccc(CNC(=O)CCn2ncc3cc(Cl)ccc32)c1. The average Bonchev–Trinajstić information content (AvgIpc) is 3.00. The number of nitrogens with zero attached hydrogens (tertiary/aromatic N) is 2. The molecular weight excluding hydrogens is 326 g/mol. The Labute approximate surface area is 145 Å². The van der Waals surface area contributed by atoms with Crippen molar-refractivity contribution < 1.29 is 9.53 Å². The van der Waals surface area contributed by atoms with Crippen molar-refractivity contribution in [2.45, 2.75) is 19.5 Å². The van der Waals surface area contributed by atoms with Crippen LogP contribution in [0.1, 0.15) is 12.0 Å². The van der Waals surface area contributed by atoms with Crippen LogP contribution in [-0.4, -0.2) is 22.8 Å². The molecule has 0 saturated heterocycles. The third-order valence-corrected chi connectivity index (χ3v) is 4.01. The topological polar surface area (TPSA) is 56.1 Å². The third kappa shape index (κ3) is 3.86. The molecule has 1 N–H and O–H groups in total. The molecule has 1 amide bonds. The largest absolute Gasteiger partial charge is 0.497 e. The first-order valence-electron chi connectivity index (χ1n) is 7.66. The molecule has 3 aromatic rings. The molecule has 0 aliphatic carbocycles. The fourth-order valence-electron chi connectivity index (χ4n) is 2.52. The van der Waals surface area contributed by atoms with Crippen LogP contribution in [0.5, 0.6) is 5.75 Å². The first-order valence-corrected chi connectivity index (χ1v) is 8.04. The van der Waals surface area contributed by atoms with Gasteiger partial charge in [0.2, 0.25) is 5.91 Å². The number of hydrogen-bond donors (Lipinski definition) is 1. The second-order valence-electron chi connectivity index (χ2n) is 5.45. The minimum Gasteiger partial charge on any atom is -0.497 e. The van der Waals surface area contributed by atoms with Crippen molar-refractivity contribution in [3.8, 4) is 5.75 Å². The lowest BCUT2D eigenvalue weighted by Crippen LogP contribution is -2.24. The van der Waals surface area contributed by atoms with Gasteiger partial charge in [0.25, 0.3) is 0 Å². The molecule has 1 heterocycles. The minimum absolute atomic E-state index is 0.0181. The second kappa shape index (κ2) is 7.36. The highest BCUT2D eigenvalue weighted by atomic mass is 35.5. The van der Waals surface area contributed by atoms with Gasteiger partial charge in [0.05, 0.1) is 25.4 Å². The summed E-state index contributed by atoms with van der Waals surface area (Å²) in [5.41, 5.74) is 1.97. The normalized spacial score (nSPS) is 10.8. The monoisotopic (exact) mass is 343 g/mol. The first-order chi connectivity index (χ1) is 11.7. The number of fused-ring (bicyclic) bond motifs is 1. The summed E-state index contributed by atoms with van der Waals surface area (Å²) in [6, 6.07) is 13.2. The highest BCUT2D eigenvalue weighted by Crippen LogP contribution is 2.19. The molecule has 0 atom stereocenters. The van der Waals surface area contributed by atoms with E-state index in [2.05, 4.69) is 10.4 Å². The van der Waals surface area contributed by atoms with Gasteiger partial charge in [-0.2, -0.15) is 5.10 Å². The van der Waals surface area contributed by atoms with E-state index in [1.807, 2.05) is 47.1 Å². The molecule has 2 aromatic carbocycles. The number of hydrogen-bond acceptors (Lipinski definition) is 3. The van der Waals surface area contributed by atoms with E-state index in [1.54, 1.807) is 13.3 Å². The number of benzene rings is 2. The average molecular weight is 344 g/mol. The molecule has 0 bridgehead atoms. The van der Waals surface area contributed by atoms with Crippen LogP contribution in [0, 0.1) is 0 Å². The number of aromatic nitrogens is 2. The molecule has 124 valence electrons. The van der Waals surface area contributed by atoms with Gasteiger partial charge < -0.3 is 10.1 Å². The maximum Gasteiger partial charge on any atom is 0.222 e. The lowest BCUT2D eigenvalue weighted by molar-refractivity contribution is -0.121. The van der Waals surface area contributed by atoms with Crippen molar-refractivity contribution in [1.29, 1.82) is 0 Å². The van der Waals surface area contributed by atoms with Gasteiger partial charge in [-0.15, -0.1) is 0 Å². The number of carbonyl (C=O) groups excluding carboxylic acids is 1. The van der Waals surface area contributed by atoms with Gasteiger partial charge in [0.1, 0.15) is 5.75 Å². The van der Waals surface area contributed by atoms with Crippen LogP contribution < -0.4 is 10.1 Å². The molecular formula is C18H18ClN3O2. The van der Waals surface area contributed by atoms with Crippen LogP contribution in [0.25, 0.3) is 10.9 Å². The summed E-state index contributed by atoms with van der Waals surface area (Å²) in [7, 11) is 1.62. The summed E-state index contributed by atoms with van der Waals surface area (Å²) in [5.74, 6) is 0.763. The van der Waals surface area contributed by atoms with Crippen molar-refractivity contribution in [3.63, 3.8) is 0 Å². The lowest BCUT2D eigenvalue weighted by Gasteiger charge is -2.08. The predicted molar refractivity (Wildman–Crippen MR) is 94.2 cm³/mol. The molecule has 1 aromatic heterocycles. The summed E-state index contributed by atoms with van der Waals surface area (Å²) in [6.45, 7) is 1.00. The molecule has 0 spiro atoms. The Hall–Kier alpha value is -2.53. The fraction of sp³-hybridized carbons (Fsp3) is 0.222. The Morgan fingerprint density at radius 2 is 2.17 bits per heavy atom. The number of amides is 1. The maximum atomic E-state index is 12.1. The van der Waals surface area contributed by atoms with Crippen LogP contribution in [0.15, 0.2) is 48.7 Å². The van der Waals surface area contributed by atoms with E-state index in [4.69, 9.17) is 16.3 Å². The number of aryl methyl sites for hydroxylation is 1. The summed E-state index contributed by atoms with van der Waals surface area (Å²) in [6.07, 6.45) is 2.12. The van der Waals surface area contributed by atoms with Gasteiger partial charge in [-0.1, -0.05) is 23.7 Å². The van der Waals surface area contributed by atoms with Gasteiger partial charge in [0, 0.05) is 23.4 Å². The first kappa shape index (κ1) is 16.3. The number of halogens is 1. The van der Waals surface area contributed by atoms with Crippen LogP contribution in [0.2, 0.25) is 5.02 Å². The van der Waals surface area contributed by atoms with E-state index >= 15 is 0 Å². The second-order valence-corrected chi connectivity index (χ2v) is 5.89. The molecule has 5 nitrogen and oxygen atoms in total. The fourth-order valence-corrected chi connectivity index (χ4v) is 2.70. The van der Waals surface area contributed by atoms with Crippen molar-refractivity contribution >= 4 is 28.4 Å². The summed E-state index contributed by atoms with van der Waals surface area (Å²) < 4.78 is 6.99. The van der Waals surface area contributed by atoms with Gasteiger partial charge in [-0.3, -0.25) is 9.48 Å². The smallest absolute Gasteiger partial charge is 0.222 e. The Morgan fingerprint density at radius 1 is 1.29 bits per heavy atom. The number of carbonyl (C=O) groups is 1. The molecule has 0 saturated carbocycles. The molecule has 6 heteroatoms. The van der Waals surface area contributed by atoms with E-state index < -0.39 is 0 Å². The maximum absolute atomic E-state index is 12.1. The Bertz CT molecular complexity index is 860. The zero-order chi connectivity index (χ0) is 16.9. The van der Waals surface area contributed by atoms with E-state index in [1.165, 1.54) is 0 Å². The third-order valence-electron chi connectivity index (χ3n) is 3.78. The van der Waals surface area contributed by atoms with Crippen molar-refractivity contribution in [3.05, 3.63) is 59.2 Å². The van der Waals surface area contributed by atoms with E-state index in [0.717, 1.165) is 22.2 Å². The van der Waals surface area contributed by atoms with Crippen molar-refractivity contribution in [1.82, 2.24) is 15.1 Å². The molecule has 0 radical (unpaired) electrons. The van der Waals surface area contributed by atoms with Gasteiger partial charge in [-0.05, 0) is 35.9 Å². The van der Waals surface area contributed by atoms with Crippen LogP contribution >= 0.6 is 11.6 Å². The molecule has 0 unspecified atom stereocenters. The quantitative estimate of drug-likeness (QED) is 0.746. The van der Waals surface area contributed by atoms with Crippen molar-refractivity contribution in [2.75, 3.05) is 7.11 Å². The summed E-state index contributed by atoms with van der Waals surface area (Å²) in [5, 5.41) is 8.87.